The lowest BCUT2D eigenvalue weighted by molar-refractivity contribution is -0.174. The standard InChI is InChI=1S/C42H62N2O11/c1-39(2,3)33(43(37(48)54-41(7,8)9)23-25-50-27-30-19-15-13-16-20-30)35(46)52-29-32(45)53-36(47)34(40(4,5)6)44(38(49)55-42(10,11)12)24-26-51-28-31-21-17-14-18-22-31/h13-22,33-34H,23-29H2,1-12H3. The van der Waals surface area contributed by atoms with Crippen LogP contribution < -0.4 is 0 Å². The molecule has 2 aromatic carbocycles. The van der Waals surface area contributed by atoms with Gasteiger partial charge in [0, 0.05) is 13.1 Å². The molecule has 0 spiro atoms. The first-order valence-electron chi connectivity index (χ1n) is 18.5. The zero-order valence-electron chi connectivity index (χ0n) is 34.8. The van der Waals surface area contributed by atoms with Gasteiger partial charge in [0.15, 0.2) is 6.61 Å². The first-order valence-corrected chi connectivity index (χ1v) is 18.5. The minimum Gasteiger partial charge on any atom is -0.452 e. The third kappa shape index (κ3) is 17.2. The maximum atomic E-state index is 13.7. The average Bonchev–Trinajstić information content (AvgIpc) is 3.04. The second-order valence-electron chi connectivity index (χ2n) is 17.4. The normalized spacial score (nSPS) is 13.2. The quantitative estimate of drug-likeness (QED) is 0.0731. The molecule has 0 heterocycles. The predicted molar refractivity (Wildman–Crippen MR) is 207 cm³/mol. The molecule has 2 unspecified atom stereocenters. The fourth-order valence-electron chi connectivity index (χ4n) is 5.45. The van der Waals surface area contributed by atoms with Gasteiger partial charge in [0.25, 0.3) is 0 Å². The number of hydrogen-bond acceptors (Lipinski definition) is 11. The molecular formula is C42H62N2O11. The van der Waals surface area contributed by atoms with Gasteiger partial charge in [-0.1, -0.05) is 102 Å². The van der Waals surface area contributed by atoms with Gasteiger partial charge in [-0.15, -0.1) is 0 Å². The van der Waals surface area contributed by atoms with E-state index in [0.717, 1.165) is 11.1 Å². The van der Waals surface area contributed by atoms with Gasteiger partial charge in [0.1, 0.15) is 23.3 Å². The molecule has 0 saturated carbocycles. The third-order valence-corrected chi connectivity index (χ3v) is 7.69. The van der Waals surface area contributed by atoms with Gasteiger partial charge in [-0.05, 0) is 63.5 Å². The van der Waals surface area contributed by atoms with Crippen LogP contribution in [0.25, 0.3) is 0 Å². The Morgan fingerprint density at radius 3 is 1.25 bits per heavy atom. The summed E-state index contributed by atoms with van der Waals surface area (Å²) in [5.41, 5.74) is -1.72. The molecule has 306 valence electrons. The molecule has 2 atom stereocenters. The van der Waals surface area contributed by atoms with Gasteiger partial charge in [-0.25, -0.2) is 24.0 Å². The number of hydrogen-bond donors (Lipinski definition) is 0. The van der Waals surface area contributed by atoms with Gasteiger partial charge < -0.3 is 28.4 Å². The Kier molecular flexibility index (Phi) is 17.3. The first kappa shape index (κ1) is 46.7. The average molecular weight is 771 g/mol. The van der Waals surface area contributed by atoms with Crippen LogP contribution in [0.5, 0.6) is 0 Å². The lowest BCUT2D eigenvalue weighted by atomic mass is 9.85. The number of nitrogens with zero attached hydrogens (tertiary/aromatic N) is 2. The number of esters is 3. The Morgan fingerprint density at radius 2 is 0.909 bits per heavy atom. The molecule has 0 aliphatic carbocycles. The lowest BCUT2D eigenvalue weighted by Crippen LogP contribution is -2.55. The molecule has 0 radical (unpaired) electrons. The molecule has 0 N–H and O–H groups in total. The Morgan fingerprint density at radius 1 is 0.545 bits per heavy atom. The molecule has 55 heavy (non-hydrogen) atoms. The molecule has 13 nitrogen and oxygen atoms in total. The monoisotopic (exact) mass is 770 g/mol. The number of benzene rings is 2. The van der Waals surface area contributed by atoms with Crippen molar-refractivity contribution in [2.45, 2.75) is 120 Å². The van der Waals surface area contributed by atoms with Crippen LogP contribution >= 0.6 is 0 Å². The van der Waals surface area contributed by atoms with E-state index in [1.54, 1.807) is 83.1 Å². The van der Waals surface area contributed by atoms with Gasteiger partial charge in [0.05, 0.1) is 26.4 Å². The molecule has 13 heteroatoms. The maximum absolute atomic E-state index is 13.7. The van der Waals surface area contributed by atoms with Crippen LogP contribution in [0.15, 0.2) is 60.7 Å². The first-order chi connectivity index (χ1) is 25.4. The van der Waals surface area contributed by atoms with Crippen molar-refractivity contribution in [1.82, 2.24) is 9.80 Å². The van der Waals surface area contributed by atoms with E-state index in [-0.39, 0.29) is 39.5 Å². The Hall–Kier alpha value is -4.49. The molecular weight excluding hydrogens is 708 g/mol. The van der Waals surface area contributed by atoms with Crippen LogP contribution in [0.4, 0.5) is 9.59 Å². The summed E-state index contributed by atoms with van der Waals surface area (Å²) in [6, 6.07) is 16.4. The van der Waals surface area contributed by atoms with E-state index in [2.05, 4.69) is 0 Å². The van der Waals surface area contributed by atoms with E-state index in [0.29, 0.717) is 0 Å². The van der Waals surface area contributed by atoms with E-state index >= 15 is 0 Å². The number of carbonyl (C=O) groups excluding carboxylic acids is 5. The number of carbonyl (C=O) groups is 5. The highest BCUT2D eigenvalue weighted by Gasteiger charge is 2.44. The van der Waals surface area contributed by atoms with E-state index in [1.807, 2.05) is 60.7 Å². The summed E-state index contributed by atoms with van der Waals surface area (Å²) in [5.74, 6) is -3.12. The van der Waals surface area contributed by atoms with Crippen molar-refractivity contribution in [2.75, 3.05) is 32.9 Å². The van der Waals surface area contributed by atoms with Gasteiger partial charge >= 0.3 is 30.1 Å². The fourth-order valence-corrected chi connectivity index (χ4v) is 5.45. The number of amides is 2. The fraction of sp³-hybridized carbons (Fsp3) is 0.595. The predicted octanol–water partition coefficient (Wildman–Crippen LogP) is 7.34. The molecule has 0 bridgehead atoms. The minimum absolute atomic E-state index is 0.0233. The van der Waals surface area contributed by atoms with E-state index in [9.17, 15) is 24.0 Å². The number of rotatable bonds is 16. The molecule has 0 fully saturated rings. The van der Waals surface area contributed by atoms with Crippen molar-refractivity contribution in [3.05, 3.63) is 71.8 Å². The molecule has 0 aliphatic rings. The summed E-state index contributed by atoms with van der Waals surface area (Å²) in [6.45, 7) is 20.3. The molecule has 2 rings (SSSR count). The highest BCUT2D eigenvalue weighted by atomic mass is 16.6. The van der Waals surface area contributed by atoms with Crippen molar-refractivity contribution in [2.24, 2.45) is 10.8 Å². The molecule has 0 aromatic heterocycles. The van der Waals surface area contributed by atoms with Crippen LogP contribution in [-0.2, 0) is 56.0 Å². The van der Waals surface area contributed by atoms with E-state index < -0.39 is 70.8 Å². The second-order valence-corrected chi connectivity index (χ2v) is 17.4. The second kappa shape index (κ2) is 20.4. The maximum Gasteiger partial charge on any atom is 0.411 e. The molecule has 0 saturated heterocycles. The highest BCUT2D eigenvalue weighted by Crippen LogP contribution is 2.29. The van der Waals surface area contributed by atoms with Crippen molar-refractivity contribution in [3.8, 4) is 0 Å². The highest BCUT2D eigenvalue weighted by molar-refractivity contribution is 5.92. The lowest BCUT2D eigenvalue weighted by Gasteiger charge is -2.39. The van der Waals surface area contributed by atoms with E-state index in [1.165, 1.54) is 9.80 Å². The Labute approximate surface area is 326 Å². The summed E-state index contributed by atoms with van der Waals surface area (Å²) in [7, 11) is 0. The summed E-state index contributed by atoms with van der Waals surface area (Å²) >= 11 is 0. The Bertz CT molecular complexity index is 1540. The summed E-state index contributed by atoms with van der Waals surface area (Å²) in [6.07, 6.45) is -1.57. The van der Waals surface area contributed by atoms with Crippen LogP contribution in [-0.4, -0.2) is 96.1 Å². The number of ether oxygens (including phenoxy) is 6. The topological polar surface area (TPSA) is 147 Å². The molecule has 2 amide bonds. The summed E-state index contributed by atoms with van der Waals surface area (Å²) in [5, 5.41) is 0. The Balaban J connectivity index is 2.22. The third-order valence-electron chi connectivity index (χ3n) is 7.69. The van der Waals surface area contributed by atoms with Crippen LogP contribution in [0.1, 0.15) is 94.2 Å². The minimum atomic E-state index is -1.29. The van der Waals surface area contributed by atoms with Gasteiger partial charge in [-0.2, -0.15) is 0 Å². The van der Waals surface area contributed by atoms with Crippen molar-refractivity contribution in [1.29, 1.82) is 0 Å². The largest absolute Gasteiger partial charge is 0.452 e. The van der Waals surface area contributed by atoms with Crippen molar-refractivity contribution >= 4 is 30.1 Å². The van der Waals surface area contributed by atoms with Crippen molar-refractivity contribution < 1.29 is 52.4 Å². The van der Waals surface area contributed by atoms with Crippen LogP contribution in [0.2, 0.25) is 0 Å². The summed E-state index contributed by atoms with van der Waals surface area (Å²) < 4.78 is 33.5. The SMILES string of the molecule is CC(C)(C)OC(=O)N(CCOCc1ccccc1)C(C(=O)OCC(=O)OC(=O)C(N(CCOCc1ccccc1)C(=O)OC(C)(C)C)C(C)(C)C)C(C)(C)C. The zero-order chi connectivity index (χ0) is 41.6. The van der Waals surface area contributed by atoms with Gasteiger partial charge in [0.2, 0.25) is 0 Å². The zero-order valence-corrected chi connectivity index (χ0v) is 34.8. The van der Waals surface area contributed by atoms with E-state index in [4.69, 9.17) is 28.4 Å². The summed E-state index contributed by atoms with van der Waals surface area (Å²) in [4.78, 5) is 70.0. The molecule has 0 aliphatic heterocycles. The van der Waals surface area contributed by atoms with Gasteiger partial charge in [-0.3, -0.25) is 9.80 Å². The van der Waals surface area contributed by atoms with Crippen molar-refractivity contribution in [3.63, 3.8) is 0 Å². The molecule has 2 aromatic rings. The van der Waals surface area contributed by atoms with Crippen LogP contribution in [0.3, 0.4) is 0 Å². The smallest absolute Gasteiger partial charge is 0.411 e. The van der Waals surface area contributed by atoms with Crippen LogP contribution in [0, 0.1) is 10.8 Å².